The topological polar surface area (TPSA) is 88.0 Å². The Hall–Kier alpha value is -0.690. The van der Waals surface area contributed by atoms with Crippen molar-refractivity contribution in [3.63, 3.8) is 0 Å². The summed E-state index contributed by atoms with van der Waals surface area (Å²) in [4.78, 5) is 12.2. The summed E-state index contributed by atoms with van der Waals surface area (Å²) in [6, 6.07) is 0. The summed E-state index contributed by atoms with van der Waals surface area (Å²) in [7, 11) is 0. The number of carbonyl (C=O) groups excluding carboxylic acids is 1. The average Bonchev–Trinajstić information content (AvgIpc) is 2.69. The molecule has 1 aliphatic heterocycles. The molecule has 3 N–H and O–H groups in total. The number of ether oxygens (including phenoxy) is 2. The Labute approximate surface area is 125 Å². The number of amides is 1. The number of carbonyl (C=O) groups is 1. The first-order valence-corrected chi connectivity index (χ1v) is 7.82. The van der Waals surface area contributed by atoms with Gasteiger partial charge in [0.25, 0.3) is 5.91 Å². The van der Waals surface area contributed by atoms with E-state index in [0.717, 1.165) is 19.3 Å². The van der Waals surface area contributed by atoms with Crippen LogP contribution < -0.4 is 5.32 Å². The van der Waals surface area contributed by atoms with Crippen molar-refractivity contribution in [2.45, 2.75) is 82.6 Å². The zero-order valence-corrected chi connectivity index (χ0v) is 13.1. The van der Waals surface area contributed by atoms with E-state index in [1.165, 1.54) is 0 Å². The van der Waals surface area contributed by atoms with Gasteiger partial charge in [-0.15, -0.1) is 0 Å². The molecule has 21 heavy (non-hydrogen) atoms. The molecule has 6 nitrogen and oxygen atoms in total. The normalized spacial score (nSPS) is 38.0. The van der Waals surface area contributed by atoms with Gasteiger partial charge in [0.1, 0.15) is 11.7 Å². The molecule has 0 aromatic rings. The SMILES string of the molecule is CCCCCNC(=O)[C@@]1(O)C[C@@H](O)[C@@H]2OC(C)(C)O[C@@H]2C1. The van der Waals surface area contributed by atoms with E-state index in [1.54, 1.807) is 13.8 Å². The lowest BCUT2D eigenvalue weighted by atomic mass is 9.79. The molecule has 6 heteroatoms. The Balaban J connectivity index is 1.95. The van der Waals surface area contributed by atoms with Gasteiger partial charge in [-0.1, -0.05) is 19.8 Å². The van der Waals surface area contributed by atoms with Crippen molar-refractivity contribution in [1.82, 2.24) is 5.32 Å². The molecular weight excluding hydrogens is 274 g/mol. The van der Waals surface area contributed by atoms with Crippen LogP contribution in [0.15, 0.2) is 0 Å². The van der Waals surface area contributed by atoms with Gasteiger partial charge in [0, 0.05) is 19.4 Å². The third kappa shape index (κ3) is 3.74. The maximum absolute atomic E-state index is 12.2. The van der Waals surface area contributed by atoms with Crippen molar-refractivity contribution in [1.29, 1.82) is 0 Å². The molecule has 1 saturated heterocycles. The Morgan fingerprint density at radius 1 is 1.29 bits per heavy atom. The first-order valence-electron chi connectivity index (χ1n) is 7.82. The second-order valence-corrected chi connectivity index (χ2v) is 6.61. The number of hydrogen-bond donors (Lipinski definition) is 3. The van der Waals surface area contributed by atoms with E-state index in [0.29, 0.717) is 6.54 Å². The van der Waals surface area contributed by atoms with Crippen LogP contribution in [0.3, 0.4) is 0 Å². The van der Waals surface area contributed by atoms with E-state index < -0.39 is 35.6 Å². The maximum atomic E-state index is 12.2. The van der Waals surface area contributed by atoms with Gasteiger partial charge in [-0.2, -0.15) is 0 Å². The molecule has 0 aromatic heterocycles. The van der Waals surface area contributed by atoms with Gasteiger partial charge in [-0.05, 0) is 20.3 Å². The van der Waals surface area contributed by atoms with E-state index in [-0.39, 0.29) is 12.8 Å². The van der Waals surface area contributed by atoms with Crippen LogP contribution in [0, 0.1) is 0 Å². The molecule has 1 aliphatic carbocycles. The Bertz CT molecular complexity index is 386. The number of aliphatic hydroxyl groups is 2. The number of aliphatic hydroxyl groups excluding tert-OH is 1. The van der Waals surface area contributed by atoms with Crippen LogP contribution in [0.2, 0.25) is 0 Å². The van der Waals surface area contributed by atoms with Gasteiger partial charge in [0.2, 0.25) is 0 Å². The van der Waals surface area contributed by atoms with Gasteiger partial charge in [-0.25, -0.2) is 0 Å². The number of nitrogens with one attached hydrogen (secondary N) is 1. The summed E-state index contributed by atoms with van der Waals surface area (Å²) in [5, 5.41) is 23.5. The largest absolute Gasteiger partial charge is 0.390 e. The molecule has 122 valence electrons. The van der Waals surface area contributed by atoms with Crippen molar-refractivity contribution in [2.24, 2.45) is 0 Å². The minimum Gasteiger partial charge on any atom is -0.390 e. The molecule has 1 saturated carbocycles. The third-order valence-corrected chi connectivity index (χ3v) is 4.17. The standard InChI is InChI=1S/C15H27NO5/c1-4-5-6-7-16-13(18)15(19)8-10(17)12-11(9-15)20-14(2,3)21-12/h10-12,17,19H,4-9H2,1-3H3,(H,16,18)/t10-,11-,12+,15-/m1/s1. The van der Waals surface area contributed by atoms with Crippen molar-refractivity contribution in [3.05, 3.63) is 0 Å². The van der Waals surface area contributed by atoms with Gasteiger partial charge in [-0.3, -0.25) is 4.79 Å². The predicted molar refractivity (Wildman–Crippen MR) is 76.6 cm³/mol. The quantitative estimate of drug-likeness (QED) is 0.651. The average molecular weight is 301 g/mol. The molecule has 0 bridgehead atoms. The Kier molecular flexibility index (Phi) is 4.92. The Morgan fingerprint density at radius 2 is 2.00 bits per heavy atom. The van der Waals surface area contributed by atoms with E-state index in [4.69, 9.17) is 9.47 Å². The molecule has 2 aliphatic rings. The summed E-state index contributed by atoms with van der Waals surface area (Å²) in [5.74, 6) is -1.22. The third-order valence-electron chi connectivity index (χ3n) is 4.17. The van der Waals surface area contributed by atoms with Crippen molar-refractivity contribution >= 4 is 5.91 Å². The highest BCUT2D eigenvalue weighted by molar-refractivity contribution is 5.85. The molecule has 0 spiro atoms. The maximum Gasteiger partial charge on any atom is 0.252 e. The van der Waals surface area contributed by atoms with Gasteiger partial charge in [0.15, 0.2) is 5.79 Å². The Morgan fingerprint density at radius 3 is 2.67 bits per heavy atom. The highest BCUT2D eigenvalue weighted by atomic mass is 16.8. The predicted octanol–water partition coefficient (Wildman–Crippen LogP) is 0.699. The second kappa shape index (κ2) is 6.20. The minimum atomic E-state index is -1.59. The summed E-state index contributed by atoms with van der Waals surface area (Å²) in [6.45, 7) is 6.16. The summed E-state index contributed by atoms with van der Waals surface area (Å²) >= 11 is 0. The summed E-state index contributed by atoms with van der Waals surface area (Å²) in [6.07, 6.45) is 1.28. The van der Waals surface area contributed by atoms with Gasteiger partial charge >= 0.3 is 0 Å². The van der Waals surface area contributed by atoms with Crippen molar-refractivity contribution < 1.29 is 24.5 Å². The van der Waals surface area contributed by atoms with Gasteiger partial charge in [0.05, 0.1) is 12.2 Å². The zero-order valence-electron chi connectivity index (χ0n) is 13.1. The van der Waals surface area contributed by atoms with Crippen LogP contribution in [-0.4, -0.2) is 52.4 Å². The number of unbranched alkanes of at least 4 members (excludes halogenated alkanes) is 2. The number of hydrogen-bond acceptors (Lipinski definition) is 5. The van der Waals surface area contributed by atoms with Crippen LogP contribution >= 0.6 is 0 Å². The molecule has 1 heterocycles. The molecule has 0 aromatic carbocycles. The van der Waals surface area contributed by atoms with Crippen molar-refractivity contribution in [3.8, 4) is 0 Å². The first kappa shape index (κ1) is 16.7. The fourth-order valence-corrected chi connectivity index (χ4v) is 3.15. The summed E-state index contributed by atoms with van der Waals surface area (Å²) < 4.78 is 11.3. The zero-order chi connectivity index (χ0) is 15.7. The van der Waals surface area contributed by atoms with Crippen LogP contribution in [-0.2, 0) is 14.3 Å². The van der Waals surface area contributed by atoms with Crippen LogP contribution in [0.25, 0.3) is 0 Å². The molecule has 1 amide bonds. The lowest BCUT2D eigenvalue weighted by Crippen LogP contribution is -2.58. The van der Waals surface area contributed by atoms with E-state index in [2.05, 4.69) is 12.2 Å². The lowest BCUT2D eigenvalue weighted by Gasteiger charge is -2.38. The van der Waals surface area contributed by atoms with E-state index in [9.17, 15) is 15.0 Å². The molecule has 0 radical (unpaired) electrons. The number of rotatable bonds is 5. The minimum absolute atomic E-state index is 0.0206. The van der Waals surface area contributed by atoms with Crippen molar-refractivity contribution in [2.75, 3.05) is 6.54 Å². The van der Waals surface area contributed by atoms with E-state index >= 15 is 0 Å². The molecule has 2 rings (SSSR count). The van der Waals surface area contributed by atoms with Crippen LogP contribution in [0.1, 0.15) is 52.9 Å². The second-order valence-electron chi connectivity index (χ2n) is 6.61. The molecular formula is C15H27NO5. The molecule has 0 unspecified atom stereocenters. The summed E-state index contributed by atoms with van der Waals surface area (Å²) in [5.41, 5.74) is -1.59. The molecule has 2 fully saturated rings. The first-order chi connectivity index (χ1) is 9.77. The fourth-order valence-electron chi connectivity index (χ4n) is 3.15. The highest BCUT2D eigenvalue weighted by Crippen LogP contribution is 2.40. The lowest BCUT2D eigenvalue weighted by molar-refractivity contribution is -0.158. The van der Waals surface area contributed by atoms with E-state index in [1.807, 2.05) is 0 Å². The highest BCUT2D eigenvalue weighted by Gasteiger charge is 2.55. The monoisotopic (exact) mass is 301 g/mol. The van der Waals surface area contributed by atoms with Crippen LogP contribution in [0.4, 0.5) is 0 Å². The fraction of sp³-hybridized carbons (Fsp3) is 0.933. The number of fused-ring (bicyclic) bond motifs is 1. The van der Waals surface area contributed by atoms with Crippen LogP contribution in [0.5, 0.6) is 0 Å². The smallest absolute Gasteiger partial charge is 0.252 e. The molecule has 4 atom stereocenters. The van der Waals surface area contributed by atoms with Gasteiger partial charge < -0.3 is 25.0 Å².